The van der Waals surface area contributed by atoms with Crippen LogP contribution in [-0.2, 0) is 10.8 Å². The first kappa shape index (κ1) is 39.0. The van der Waals surface area contributed by atoms with E-state index in [2.05, 4.69) is 207 Å². The minimum atomic E-state index is -3.09. The Morgan fingerprint density at radius 3 is 1.17 bits per heavy atom. The average Bonchev–Trinajstić information content (AvgIpc) is 3.78. The molecule has 0 saturated heterocycles. The number of hydrogen-bond acceptors (Lipinski definition) is 6. The van der Waals surface area contributed by atoms with Crippen molar-refractivity contribution < 1.29 is 18.9 Å². The fourth-order valence-corrected chi connectivity index (χ4v) is 30.4. The molecular weight excluding hydrogens is 1010 g/mol. The third-order valence-corrected chi connectivity index (χ3v) is 32.0. The molecule has 8 aliphatic rings. The van der Waals surface area contributed by atoms with E-state index in [-0.39, 0.29) is 10.8 Å². The number of benzene rings is 10. The van der Waals surface area contributed by atoms with Crippen LogP contribution in [0.15, 0.2) is 170 Å². The van der Waals surface area contributed by atoms with Crippen molar-refractivity contribution in [1.82, 2.24) is 0 Å². The first-order valence-electron chi connectivity index (χ1n) is 25.2. The Balaban J connectivity index is 1.01. The standard InChI is InChI=1S/C64H42Ge2N2O4/c1-63(2)41-23-13-11-21-35(41)37-29-43-53-61(51(37)63)71-47-27-15-25-45-55(47)65(53)57-49(69-45)31-40-39(59(57)67(43)33-17-7-5-8-18-33)32-50-58-60(40)68(34-19-9-6-10-20-34)44-30-38-36-22-12-14-24-42(36)64(3,4)52(38)62-54(44)66(58)56-46(70-50)26-16-28-48(56)72-62/h5-32,65-66H,1-4H3. The van der Waals surface area contributed by atoms with Crippen LogP contribution in [0, 0.1) is 0 Å². The number of ether oxygens (including phenoxy) is 4. The normalized spacial score (nSPS) is 18.3. The summed E-state index contributed by atoms with van der Waals surface area (Å²) in [4.78, 5) is 5.14. The van der Waals surface area contributed by atoms with Gasteiger partial charge in [0.1, 0.15) is 0 Å². The van der Waals surface area contributed by atoms with Gasteiger partial charge in [-0.1, -0.05) is 0 Å². The van der Waals surface area contributed by atoms with Crippen LogP contribution in [0.1, 0.15) is 49.9 Å². The van der Waals surface area contributed by atoms with Crippen molar-refractivity contribution in [3.63, 3.8) is 0 Å². The van der Waals surface area contributed by atoms with E-state index >= 15 is 0 Å². The predicted octanol–water partition coefficient (Wildman–Crippen LogP) is 11.9. The Morgan fingerprint density at radius 1 is 0.347 bits per heavy atom. The van der Waals surface area contributed by atoms with Crippen molar-refractivity contribution >= 4 is 100.0 Å². The van der Waals surface area contributed by atoms with Gasteiger partial charge in [0.15, 0.2) is 0 Å². The molecule has 10 aromatic rings. The van der Waals surface area contributed by atoms with Gasteiger partial charge in [-0.2, -0.15) is 0 Å². The minimum absolute atomic E-state index is 0.261. The summed E-state index contributed by atoms with van der Waals surface area (Å²) in [5.74, 6) is 7.70. The van der Waals surface area contributed by atoms with E-state index in [1.54, 1.807) is 0 Å². The molecule has 0 bridgehead atoms. The van der Waals surface area contributed by atoms with Crippen LogP contribution >= 0.6 is 0 Å². The zero-order chi connectivity index (χ0) is 47.3. The first-order chi connectivity index (χ1) is 35.3. The third-order valence-electron chi connectivity index (χ3n) is 17.6. The monoisotopic (exact) mass is 1050 g/mol. The molecule has 2 atom stereocenters. The maximum atomic E-state index is 7.42. The van der Waals surface area contributed by atoms with Gasteiger partial charge in [0.2, 0.25) is 0 Å². The van der Waals surface area contributed by atoms with Crippen LogP contribution in [0.4, 0.5) is 34.1 Å². The summed E-state index contributed by atoms with van der Waals surface area (Å²) >= 11 is -6.17. The molecule has 6 nitrogen and oxygen atoms in total. The van der Waals surface area contributed by atoms with Crippen LogP contribution < -0.4 is 55.1 Å². The molecule has 2 unspecified atom stereocenters. The molecule has 6 heterocycles. The summed E-state index contributed by atoms with van der Waals surface area (Å²) in [7, 11) is 0. The van der Waals surface area contributed by atoms with Gasteiger partial charge in [-0.15, -0.1) is 0 Å². The number of hydrogen-bond donors (Lipinski definition) is 0. The van der Waals surface area contributed by atoms with Crippen molar-refractivity contribution in [2.75, 3.05) is 9.80 Å². The van der Waals surface area contributed by atoms with E-state index in [4.69, 9.17) is 18.9 Å². The molecule has 72 heavy (non-hydrogen) atoms. The Hall–Kier alpha value is -7.65. The number of para-hydroxylation sites is 2. The second-order valence-electron chi connectivity index (χ2n) is 21.8. The van der Waals surface area contributed by atoms with Crippen LogP contribution in [0.3, 0.4) is 0 Å². The van der Waals surface area contributed by atoms with Gasteiger partial charge < -0.3 is 0 Å². The molecule has 340 valence electrons. The second-order valence-corrected chi connectivity index (χ2v) is 32.7. The van der Waals surface area contributed by atoms with Crippen LogP contribution in [0.2, 0.25) is 0 Å². The summed E-state index contributed by atoms with van der Waals surface area (Å²) < 4.78 is 37.6. The average molecular weight is 1050 g/mol. The molecule has 0 amide bonds. The quantitative estimate of drug-likeness (QED) is 0.161. The van der Waals surface area contributed by atoms with E-state index in [1.165, 1.54) is 93.6 Å². The van der Waals surface area contributed by atoms with E-state index < -0.39 is 28.7 Å². The molecule has 0 N–H and O–H groups in total. The SMILES string of the molecule is CC1(C)c2ccccc2-c2cc3[c]4c(c21)Oc1cccc2[c]1[GeH]4[c]1c(cc4c5[c]6c(cc4c1N3c1ccccc1)Oc1cccc3[c]1[GeH]6[c]1c(cc4c(c1O3)C(C)(C)c1ccccc1-4)N5c1ccccc1)O2. The van der Waals surface area contributed by atoms with Gasteiger partial charge in [0, 0.05) is 0 Å². The van der Waals surface area contributed by atoms with Gasteiger partial charge in [-0.3, -0.25) is 0 Å². The summed E-state index contributed by atoms with van der Waals surface area (Å²) in [6, 6.07) is 62.8. The van der Waals surface area contributed by atoms with Gasteiger partial charge in [-0.05, 0) is 0 Å². The summed E-state index contributed by atoms with van der Waals surface area (Å²) in [6.07, 6.45) is 0. The van der Waals surface area contributed by atoms with Crippen LogP contribution in [0.25, 0.3) is 33.0 Å². The Morgan fingerprint density at radius 2 is 0.736 bits per heavy atom. The maximum absolute atomic E-state index is 7.42. The number of fused-ring (bicyclic) bond motifs is 11. The topological polar surface area (TPSA) is 43.4 Å². The summed E-state index contributed by atoms with van der Waals surface area (Å²) in [5.41, 5.74) is 16.8. The summed E-state index contributed by atoms with van der Waals surface area (Å²) in [6.45, 7) is 9.51. The second kappa shape index (κ2) is 12.9. The molecule has 2 aliphatic carbocycles. The molecule has 0 fully saturated rings. The van der Waals surface area contributed by atoms with Crippen molar-refractivity contribution in [3.8, 4) is 68.2 Å². The molecule has 0 aromatic heterocycles. The van der Waals surface area contributed by atoms with E-state index in [0.717, 1.165) is 68.1 Å². The molecule has 18 rings (SSSR count). The van der Waals surface area contributed by atoms with E-state index in [1.807, 2.05) is 0 Å². The first-order valence-corrected chi connectivity index (χ1v) is 32.5. The van der Waals surface area contributed by atoms with Crippen molar-refractivity contribution in [1.29, 1.82) is 0 Å². The number of anilines is 6. The zero-order valence-electron chi connectivity index (χ0n) is 39.8. The molecular formula is C64H42Ge2N2O4. The van der Waals surface area contributed by atoms with Gasteiger partial charge in [0.25, 0.3) is 0 Å². The van der Waals surface area contributed by atoms with Crippen molar-refractivity contribution in [2.45, 2.75) is 38.5 Å². The van der Waals surface area contributed by atoms with Crippen molar-refractivity contribution in [2.24, 2.45) is 0 Å². The van der Waals surface area contributed by atoms with Crippen LogP contribution in [-0.4, -0.2) is 28.7 Å². The van der Waals surface area contributed by atoms with Gasteiger partial charge >= 0.3 is 428 Å². The molecule has 0 radical (unpaired) electrons. The summed E-state index contributed by atoms with van der Waals surface area (Å²) in [5, 5.41) is 2.32. The Kier molecular flexibility index (Phi) is 6.97. The number of nitrogens with zero attached hydrogens (tertiary/aromatic N) is 2. The number of rotatable bonds is 2. The predicted molar refractivity (Wildman–Crippen MR) is 294 cm³/mol. The fourth-order valence-electron chi connectivity index (χ4n) is 14.8. The van der Waals surface area contributed by atoms with Crippen LogP contribution in [0.5, 0.6) is 46.0 Å². The fraction of sp³-hybridized carbons (Fsp3) is 0.0938. The van der Waals surface area contributed by atoms with E-state index in [0.29, 0.717) is 0 Å². The van der Waals surface area contributed by atoms with Crippen molar-refractivity contribution in [3.05, 3.63) is 192 Å². The molecule has 10 aromatic carbocycles. The van der Waals surface area contributed by atoms with Gasteiger partial charge in [-0.25, -0.2) is 0 Å². The van der Waals surface area contributed by atoms with E-state index in [9.17, 15) is 0 Å². The zero-order valence-corrected chi connectivity index (χ0v) is 44.7. The van der Waals surface area contributed by atoms with Gasteiger partial charge in [0.05, 0.1) is 0 Å². The third kappa shape index (κ3) is 4.42. The molecule has 0 saturated carbocycles. The molecule has 8 heteroatoms. The Labute approximate surface area is 424 Å². The molecule has 6 aliphatic heterocycles. The Bertz CT molecular complexity index is 3990. The molecule has 0 spiro atoms.